The molecule has 1 aliphatic carbocycles. The lowest BCUT2D eigenvalue weighted by Gasteiger charge is -2.17. The van der Waals surface area contributed by atoms with Crippen LogP contribution in [0.2, 0.25) is 0 Å². The largest absolute Gasteiger partial charge is 0.481 e. The van der Waals surface area contributed by atoms with Gasteiger partial charge in [0.25, 0.3) is 0 Å². The van der Waals surface area contributed by atoms with Gasteiger partial charge < -0.3 is 20.3 Å². The maximum Gasteiger partial charge on any atom is 0.303 e. The second kappa shape index (κ2) is 24.7. The van der Waals surface area contributed by atoms with E-state index >= 15 is 0 Å². The maximum absolute atomic E-state index is 10.5. The Balaban J connectivity index is 0.000000686. The average Bonchev–Trinajstić information content (AvgIpc) is 3.34. The molecular weight excluding hydrogens is 522 g/mol. The van der Waals surface area contributed by atoms with Gasteiger partial charge >= 0.3 is 5.97 Å². The number of rotatable bonds is 9. The molecule has 0 fully saturated rings. The molecule has 0 bridgehead atoms. The Hall–Kier alpha value is -4.28. The number of aliphatic carboxylic acids is 1. The molecular formula is C31H45N5O5. The second-order valence-corrected chi connectivity index (χ2v) is 7.95. The van der Waals surface area contributed by atoms with Gasteiger partial charge in [0.1, 0.15) is 12.7 Å². The lowest BCUT2D eigenvalue weighted by atomic mass is 9.98. The Labute approximate surface area is 243 Å². The smallest absolute Gasteiger partial charge is 0.303 e. The summed E-state index contributed by atoms with van der Waals surface area (Å²) in [6.45, 7) is 10.9. The summed E-state index contributed by atoms with van der Waals surface area (Å²) in [5.74, 6) is -0.855. The van der Waals surface area contributed by atoms with Crippen molar-refractivity contribution in [3.8, 4) is 11.1 Å². The standard InChI is InChI=1S/C18H18O4.C6H10.C3H7NO.C2H4N4.C2H6/c19-17(20)9-10-18(21)22-11-16-14-7-3-1-5-12(14)13-6-2-4-8-15(13)16;1-3-5-6-4-2;1-2-4-3-5;1-3-5-2-6-4-1;1-2/h1-8,16,18,21H,9-11H2,(H,19,20);3-6H,1-2H3;3H,2H2,1H3,(H,4,5);1-2H,(H,3,4)(H,5,6);1-2H3/b;5-3-,6-4-;;;. The number of nitrogens with one attached hydrogen (secondary N) is 3. The third kappa shape index (κ3) is 15.8. The Kier molecular flexibility index (Phi) is 22.2. The highest BCUT2D eigenvalue weighted by atomic mass is 16.6. The molecule has 1 aliphatic heterocycles. The van der Waals surface area contributed by atoms with Crippen LogP contribution in [0.3, 0.4) is 0 Å². The first-order valence-electron chi connectivity index (χ1n) is 13.6. The fraction of sp³-hybridized carbons (Fsp3) is 0.355. The van der Waals surface area contributed by atoms with Gasteiger partial charge in [0, 0.05) is 18.9 Å². The molecule has 1 atom stereocenters. The third-order valence-corrected chi connectivity index (χ3v) is 5.20. The molecule has 5 N–H and O–H groups in total. The molecule has 0 aromatic heterocycles. The van der Waals surface area contributed by atoms with E-state index in [4.69, 9.17) is 9.84 Å². The van der Waals surface area contributed by atoms with E-state index in [0.717, 1.165) is 6.54 Å². The van der Waals surface area contributed by atoms with Crippen molar-refractivity contribution < 1.29 is 24.5 Å². The summed E-state index contributed by atoms with van der Waals surface area (Å²) >= 11 is 0. The molecule has 4 rings (SSSR count). The molecule has 2 aromatic rings. The number of nitrogens with zero attached hydrogens (tertiary/aromatic N) is 2. The van der Waals surface area contributed by atoms with Crippen molar-refractivity contribution in [2.75, 3.05) is 13.2 Å². The molecule has 10 heteroatoms. The van der Waals surface area contributed by atoms with Gasteiger partial charge in [-0.1, -0.05) is 86.7 Å². The first kappa shape index (κ1) is 36.7. The lowest BCUT2D eigenvalue weighted by molar-refractivity contribution is -0.142. The van der Waals surface area contributed by atoms with Crippen molar-refractivity contribution >= 4 is 25.1 Å². The highest BCUT2D eigenvalue weighted by molar-refractivity contribution is 5.78. The minimum absolute atomic E-state index is 0.0758. The minimum Gasteiger partial charge on any atom is -0.481 e. The van der Waals surface area contributed by atoms with Crippen molar-refractivity contribution in [1.82, 2.24) is 16.2 Å². The summed E-state index contributed by atoms with van der Waals surface area (Å²) in [7, 11) is 0. The number of amides is 1. The van der Waals surface area contributed by atoms with Crippen molar-refractivity contribution in [2.24, 2.45) is 10.2 Å². The number of carboxylic acid groups (broad SMARTS) is 1. The lowest BCUT2D eigenvalue weighted by Crippen LogP contribution is -2.18. The average molecular weight is 568 g/mol. The van der Waals surface area contributed by atoms with Gasteiger partial charge in [-0.3, -0.25) is 20.4 Å². The fourth-order valence-electron chi connectivity index (χ4n) is 3.48. The number of ether oxygens (including phenoxy) is 1. The van der Waals surface area contributed by atoms with Crippen LogP contribution in [0.4, 0.5) is 0 Å². The molecule has 0 saturated carbocycles. The Morgan fingerprint density at radius 3 is 1.80 bits per heavy atom. The highest BCUT2D eigenvalue weighted by Gasteiger charge is 2.28. The monoisotopic (exact) mass is 567 g/mol. The van der Waals surface area contributed by atoms with E-state index in [0.29, 0.717) is 13.0 Å². The Morgan fingerprint density at radius 2 is 1.46 bits per heavy atom. The quantitative estimate of drug-likeness (QED) is 0.163. The molecule has 2 aliphatic rings. The number of fused-ring (bicyclic) bond motifs is 3. The summed E-state index contributed by atoms with van der Waals surface area (Å²) in [5.41, 5.74) is 9.78. The number of hydrazone groups is 2. The molecule has 1 amide bonds. The SMILES string of the molecule is C/C=C\C=C/C.C1=NNC=NN1.CC.CCNC=O.O=C(O)CCC(O)OCC1c2ccccc2-c2ccccc21. The predicted octanol–water partition coefficient (Wildman–Crippen LogP) is 4.98. The van der Waals surface area contributed by atoms with E-state index < -0.39 is 12.3 Å². The zero-order valence-electron chi connectivity index (χ0n) is 24.7. The first-order valence-corrected chi connectivity index (χ1v) is 13.6. The van der Waals surface area contributed by atoms with Crippen molar-refractivity contribution in [3.05, 3.63) is 84.0 Å². The van der Waals surface area contributed by atoms with E-state index in [1.807, 2.05) is 83.2 Å². The molecule has 1 heterocycles. The number of carbonyl (C=O) groups excluding carboxylic acids is 1. The Morgan fingerprint density at radius 1 is 0.976 bits per heavy atom. The molecule has 0 radical (unpaired) electrons. The highest BCUT2D eigenvalue weighted by Crippen LogP contribution is 2.44. The third-order valence-electron chi connectivity index (χ3n) is 5.20. The summed E-state index contributed by atoms with van der Waals surface area (Å²) in [5, 5.41) is 27.9. The van der Waals surface area contributed by atoms with Gasteiger partial charge in [0.2, 0.25) is 6.41 Å². The number of carboxylic acids is 1. The summed E-state index contributed by atoms with van der Waals surface area (Å²) in [4.78, 5) is 19.8. The van der Waals surface area contributed by atoms with Crippen LogP contribution < -0.4 is 16.2 Å². The van der Waals surface area contributed by atoms with Crippen molar-refractivity contribution in [2.45, 2.75) is 59.7 Å². The van der Waals surface area contributed by atoms with E-state index in [1.54, 1.807) is 0 Å². The number of aliphatic hydroxyl groups excluding tert-OH is 1. The molecule has 41 heavy (non-hydrogen) atoms. The van der Waals surface area contributed by atoms with Crippen LogP contribution in [0, 0.1) is 0 Å². The van der Waals surface area contributed by atoms with E-state index in [9.17, 15) is 14.7 Å². The number of benzene rings is 2. The molecule has 0 spiro atoms. The normalized spacial score (nSPS) is 12.7. The zero-order valence-corrected chi connectivity index (χ0v) is 24.7. The number of allylic oxidation sites excluding steroid dienone is 4. The van der Waals surface area contributed by atoms with Crippen LogP contribution in [0.1, 0.15) is 64.5 Å². The summed E-state index contributed by atoms with van der Waals surface area (Å²) in [6.07, 6.45) is 10.6. The van der Waals surface area contributed by atoms with Gasteiger partial charge in [0.15, 0.2) is 6.29 Å². The van der Waals surface area contributed by atoms with Crippen LogP contribution in [-0.4, -0.2) is 54.7 Å². The Bertz CT molecular complexity index is 1030. The maximum atomic E-state index is 10.5. The molecule has 2 aromatic carbocycles. The van der Waals surface area contributed by atoms with Crippen LogP contribution in [0.25, 0.3) is 11.1 Å². The van der Waals surface area contributed by atoms with Gasteiger partial charge in [-0.2, -0.15) is 10.2 Å². The first-order chi connectivity index (χ1) is 20.0. The van der Waals surface area contributed by atoms with Gasteiger partial charge in [-0.25, -0.2) is 0 Å². The fourth-order valence-corrected chi connectivity index (χ4v) is 3.48. The number of hydrogen-bond donors (Lipinski definition) is 5. The summed E-state index contributed by atoms with van der Waals surface area (Å²) < 4.78 is 5.48. The van der Waals surface area contributed by atoms with E-state index in [1.165, 1.54) is 34.9 Å². The van der Waals surface area contributed by atoms with E-state index in [-0.39, 0.29) is 18.8 Å². The summed E-state index contributed by atoms with van der Waals surface area (Å²) in [6, 6.07) is 16.4. The van der Waals surface area contributed by atoms with Gasteiger partial charge in [0.05, 0.1) is 13.0 Å². The number of aliphatic hydroxyl groups is 1. The minimum atomic E-state index is -1.05. The molecule has 1 unspecified atom stereocenters. The van der Waals surface area contributed by atoms with Crippen molar-refractivity contribution in [3.63, 3.8) is 0 Å². The van der Waals surface area contributed by atoms with Crippen LogP contribution in [0.5, 0.6) is 0 Å². The van der Waals surface area contributed by atoms with Gasteiger partial charge in [-0.15, -0.1) is 0 Å². The van der Waals surface area contributed by atoms with Crippen LogP contribution >= 0.6 is 0 Å². The molecule has 224 valence electrons. The van der Waals surface area contributed by atoms with E-state index in [2.05, 4.69) is 50.6 Å². The predicted molar refractivity (Wildman–Crippen MR) is 167 cm³/mol. The van der Waals surface area contributed by atoms with Crippen LogP contribution in [0.15, 0.2) is 83.0 Å². The molecule has 0 saturated heterocycles. The number of carbonyl (C=O) groups is 2. The van der Waals surface area contributed by atoms with Gasteiger partial charge in [-0.05, 0) is 43.0 Å². The van der Waals surface area contributed by atoms with Crippen molar-refractivity contribution in [1.29, 1.82) is 0 Å². The zero-order chi connectivity index (χ0) is 30.7. The van der Waals surface area contributed by atoms with Crippen LogP contribution in [-0.2, 0) is 14.3 Å². The number of hydrogen-bond acceptors (Lipinski definition) is 8. The topological polar surface area (TPSA) is 145 Å². The molecule has 10 nitrogen and oxygen atoms in total. The second-order valence-electron chi connectivity index (χ2n) is 7.95.